The predicted octanol–water partition coefficient (Wildman–Crippen LogP) is 1.88. The van der Waals surface area contributed by atoms with Crippen LogP contribution in [0, 0.1) is 28.4 Å². The van der Waals surface area contributed by atoms with Crippen LogP contribution in [0.2, 0.25) is 0 Å². The Morgan fingerprint density at radius 2 is 2.22 bits per heavy atom. The van der Waals surface area contributed by atoms with E-state index in [-0.39, 0.29) is 29.8 Å². The van der Waals surface area contributed by atoms with Crippen molar-refractivity contribution in [3.63, 3.8) is 0 Å². The summed E-state index contributed by atoms with van der Waals surface area (Å²) >= 11 is 0. The van der Waals surface area contributed by atoms with Crippen molar-refractivity contribution in [3.8, 4) is 6.07 Å². The summed E-state index contributed by atoms with van der Waals surface area (Å²) in [6.45, 7) is 3.43. The predicted molar refractivity (Wildman–Crippen MR) is 62.9 cm³/mol. The van der Waals surface area contributed by atoms with Gasteiger partial charge in [0, 0.05) is 11.6 Å². The van der Waals surface area contributed by atoms with E-state index in [1.54, 1.807) is 6.92 Å². The van der Waals surface area contributed by atoms with Gasteiger partial charge in [-0.15, -0.1) is 0 Å². The van der Waals surface area contributed by atoms with Crippen molar-refractivity contribution in [2.45, 2.75) is 20.3 Å². The second-order valence-electron chi connectivity index (χ2n) is 3.59. The fraction of sp³-hybridized carbons (Fsp3) is 0.333. The van der Waals surface area contributed by atoms with Gasteiger partial charge in [-0.2, -0.15) is 5.26 Å². The van der Waals surface area contributed by atoms with E-state index in [1.165, 1.54) is 19.1 Å². The highest BCUT2D eigenvalue weighted by atomic mass is 16.6. The molecule has 0 bridgehead atoms. The first-order chi connectivity index (χ1) is 8.51. The molecule has 0 radical (unpaired) electrons. The molecule has 0 aromatic heterocycles. The fourth-order valence-electron chi connectivity index (χ4n) is 1.63. The molecule has 1 rings (SSSR count). The second-order valence-corrected chi connectivity index (χ2v) is 3.59. The molecule has 6 nitrogen and oxygen atoms in total. The van der Waals surface area contributed by atoms with Crippen LogP contribution in [0.1, 0.15) is 23.6 Å². The Bertz CT molecular complexity index is 532. The molecule has 0 aliphatic heterocycles. The lowest BCUT2D eigenvalue weighted by Crippen LogP contribution is -2.09. The van der Waals surface area contributed by atoms with Crippen LogP contribution in [-0.2, 0) is 16.0 Å². The molecule has 0 aliphatic carbocycles. The van der Waals surface area contributed by atoms with Crippen molar-refractivity contribution in [1.29, 1.82) is 5.26 Å². The molecule has 0 unspecified atom stereocenters. The number of rotatable bonds is 4. The topological polar surface area (TPSA) is 93.2 Å². The third-order valence-electron chi connectivity index (χ3n) is 2.47. The summed E-state index contributed by atoms with van der Waals surface area (Å²) < 4.78 is 4.78. The van der Waals surface area contributed by atoms with Crippen molar-refractivity contribution in [2.75, 3.05) is 6.61 Å². The zero-order valence-electron chi connectivity index (χ0n) is 10.1. The van der Waals surface area contributed by atoms with Gasteiger partial charge in [-0.05, 0) is 19.4 Å². The number of nitro benzene ring substituents is 1. The molecule has 0 fully saturated rings. The van der Waals surface area contributed by atoms with E-state index >= 15 is 0 Å². The number of carbonyl (C=O) groups is 1. The molecule has 0 atom stereocenters. The summed E-state index contributed by atoms with van der Waals surface area (Å²) in [6.07, 6.45) is -0.0600. The number of nitriles is 1. The molecule has 6 heteroatoms. The first kappa shape index (κ1) is 13.6. The average Bonchev–Trinajstić information content (AvgIpc) is 2.29. The van der Waals surface area contributed by atoms with Crippen molar-refractivity contribution in [1.82, 2.24) is 0 Å². The smallest absolute Gasteiger partial charge is 0.310 e. The molecule has 1 aromatic carbocycles. The van der Waals surface area contributed by atoms with E-state index in [2.05, 4.69) is 0 Å². The highest BCUT2D eigenvalue weighted by molar-refractivity contribution is 5.74. The highest BCUT2D eigenvalue weighted by Gasteiger charge is 2.18. The van der Waals surface area contributed by atoms with Gasteiger partial charge >= 0.3 is 5.97 Å². The van der Waals surface area contributed by atoms with Gasteiger partial charge in [0.05, 0.1) is 29.6 Å². The molecule has 0 aliphatic rings. The lowest BCUT2D eigenvalue weighted by atomic mass is 9.99. The van der Waals surface area contributed by atoms with Gasteiger partial charge in [-0.3, -0.25) is 14.9 Å². The first-order valence-corrected chi connectivity index (χ1v) is 5.33. The molecule has 0 N–H and O–H groups in total. The maximum atomic E-state index is 11.3. The number of hydrogen-bond donors (Lipinski definition) is 0. The van der Waals surface area contributed by atoms with Crippen LogP contribution in [0.3, 0.4) is 0 Å². The van der Waals surface area contributed by atoms with Gasteiger partial charge < -0.3 is 4.74 Å². The summed E-state index contributed by atoms with van der Waals surface area (Å²) in [5.74, 6) is -0.456. The number of ether oxygens (including phenoxy) is 1. The maximum Gasteiger partial charge on any atom is 0.310 e. The van der Waals surface area contributed by atoms with Crippen LogP contribution in [-0.4, -0.2) is 17.5 Å². The molecule has 94 valence electrons. The monoisotopic (exact) mass is 248 g/mol. The second kappa shape index (κ2) is 5.77. The van der Waals surface area contributed by atoms with E-state index in [1.807, 2.05) is 6.07 Å². The zero-order valence-corrected chi connectivity index (χ0v) is 10.1. The summed E-state index contributed by atoms with van der Waals surface area (Å²) in [5.41, 5.74) is 0.750. The maximum absolute atomic E-state index is 11.3. The Morgan fingerprint density at radius 3 is 2.72 bits per heavy atom. The van der Waals surface area contributed by atoms with Gasteiger partial charge in [0.25, 0.3) is 5.69 Å². The number of nitro groups is 1. The third kappa shape index (κ3) is 2.83. The van der Waals surface area contributed by atoms with Crippen LogP contribution in [0.5, 0.6) is 0 Å². The molecular weight excluding hydrogens is 236 g/mol. The summed E-state index contributed by atoms with van der Waals surface area (Å²) in [4.78, 5) is 21.5. The van der Waals surface area contributed by atoms with Crippen LogP contribution < -0.4 is 0 Å². The Kier molecular flexibility index (Phi) is 4.38. The Hall–Kier alpha value is -2.42. The van der Waals surface area contributed by atoms with E-state index < -0.39 is 10.9 Å². The Balaban J connectivity index is 3.16. The molecule has 18 heavy (non-hydrogen) atoms. The summed E-state index contributed by atoms with van der Waals surface area (Å²) in [6, 6.07) is 4.61. The van der Waals surface area contributed by atoms with Crippen LogP contribution in [0.25, 0.3) is 0 Å². The standard InChI is InChI=1S/C12H12N2O4/c1-3-18-12(15)6-9-4-5-11(14(16)17)8(2)10(9)7-13/h4-5H,3,6H2,1-2H3. The Labute approximate surface area is 104 Å². The minimum Gasteiger partial charge on any atom is -0.466 e. The Morgan fingerprint density at radius 1 is 1.56 bits per heavy atom. The summed E-state index contributed by atoms with van der Waals surface area (Å²) in [7, 11) is 0. The van der Waals surface area contributed by atoms with E-state index in [9.17, 15) is 14.9 Å². The van der Waals surface area contributed by atoms with Crippen molar-refractivity contribution < 1.29 is 14.5 Å². The van der Waals surface area contributed by atoms with Gasteiger partial charge in [-0.25, -0.2) is 0 Å². The van der Waals surface area contributed by atoms with Crippen molar-refractivity contribution in [3.05, 3.63) is 38.9 Å². The molecular formula is C12H12N2O4. The average molecular weight is 248 g/mol. The highest BCUT2D eigenvalue weighted by Crippen LogP contribution is 2.24. The lowest BCUT2D eigenvalue weighted by Gasteiger charge is -2.06. The molecule has 0 heterocycles. The normalized spacial score (nSPS) is 9.61. The van der Waals surface area contributed by atoms with Crippen LogP contribution >= 0.6 is 0 Å². The number of hydrogen-bond acceptors (Lipinski definition) is 5. The molecule has 0 spiro atoms. The van der Waals surface area contributed by atoms with Gasteiger partial charge in [0.15, 0.2) is 0 Å². The number of carbonyl (C=O) groups excluding carboxylic acids is 1. The minimum absolute atomic E-state index is 0.0600. The largest absolute Gasteiger partial charge is 0.466 e. The van der Waals surface area contributed by atoms with E-state index in [4.69, 9.17) is 10.00 Å². The van der Waals surface area contributed by atoms with Gasteiger partial charge in [0.1, 0.15) is 0 Å². The molecule has 0 saturated heterocycles. The van der Waals surface area contributed by atoms with Gasteiger partial charge in [0.2, 0.25) is 0 Å². The van der Waals surface area contributed by atoms with Crippen LogP contribution in [0.15, 0.2) is 12.1 Å². The quantitative estimate of drug-likeness (QED) is 0.460. The fourth-order valence-corrected chi connectivity index (χ4v) is 1.63. The van der Waals surface area contributed by atoms with Crippen LogP contribution in [0.4, 0.5) is 5.69 Å². The van der Waals surface area contributed by atoms with Gasteiger partial charge in [-0.1, -0.05) is 6.07 Å². The molecule has 0 amide bonds. The first-order valence-electron chi connectivity index (χ1n) is 5.33. The van der Waals surface area contributed by atoms with Crippen molar-refractivity contribution >= 4 is 11.7 Å². The van der Waals surface area contributed by atoms with E-state index in [0.29, 0.717) is 5.56 Å². The van der Waals surface area contributed by atoms with Crippen molar-refractivity contribution in [2.24, 2.45) is 0 Å². The third-order valence-corrected chi connectivity index (χ3v) is 2.47. The molecule has 1 aromatic rings. The zero-order chi connectivity index (χ0) is 13.7. The number of esters is 1. The number of benzene rings is 1. The van der Waals surface area contributed by atoms with E-state index in [0.717, 1.165) is 0 Å². The number of nitrogens with zero attached hydrogens (tertiary/aromatic N) is 2. The summed E-state index contributed by atoms with van der Waals surface area (Å²) in [5, 5.41) is 19.8. The lowest BCUT2D eigenvalue weighted by molar-refractivity contribution is -0.385. The molecule has 0 saturated carbocycles. The minimum atomic E-state index is -0.551. The SMILES string of the molecule is CCOC(=O)Cc1ccc([N+](=O)[O-])c(C)c1C#N.